The summed E-state index contributed by atoms with van der Waals surface area (Å²) in [4.78, 5) is 17.2. The molecule has 0 spiro atoms. The van der Waals surface area contributed by atoms with Crippen molar-refractivity contribution < 1.29 is 13.2 Å². The van der Waals surface area contributed by atoms with Gasteiger partial charge in [-0.1, -0.05) is 29.8 Å². The molecule has 1 aromatic heterocycles. The highest BCUT2D eigenvalue weighted by molar-refractivity contribution is 6.32. The number of H-pyrrole nitrogens is 1. The molecule has 0 fully saturated rings. The van der Waals surface area contributed by atoms with Crippen molar-refractivity contribution >= 4 is 23.3 Å². The van der Waals surface area contributed by atoms with Crippen LogP contribution >= 0.6 is 11.6 Å². The Labute approximate surface area is 134 Å². The zero-order valence-electron chi connectivity index (χ0n) is 11.9. The van der Waals surface area contributed by atoms with Gasteiger partial charge in [-0.25, -0.2) is 4.79 Å². The van der Waals surface area contributed by atoms with E-state index in [1.165, 1.54) is 0 Å². The van der Waals surface area contributed by atoms with Crippen molar-refractivity contribution in [3.63, 3.8) is 0 Å². The highest BCUT2D eigenvalue weighted by Gasteiger charge is 2.37. The average molecular weight is 341 g/mol. The largest absolute Gasteiger partial charge is 0.431 e. The third-order valence-electron chi connectivity index (χ3n) is 3.73. The molecule has 3 rings (SSSR count). The summed E-state index contributed by atoms with van der Waals surface area (Å²) in [5.41, 5.74) is -0.558. The van der Waals surface area contributed by atoms with Gasteiger partial charge in [-0.15, -0.1) is 0 Å². The van der Waals surface area contributed by atoms with E-state index in [0.29, 0.717) is 29.0 Å². The fourth-order valence-electron chi connectivity index (χ4n) is 2.74. The Morgan fingerprint density at radius 1 is 1.22 bits per heavy atom. The fourth-order valence-corrected chi connectivity index (χ4v) is 2.93. The van der Waals surface area contributed by atoms with Gasteiger partial charge in [-0.05, 0) is 42.5 Å². The maximum Gasteiger partial charge on any atom is 0.431 e. The predicted molar refractivity (Wildman–Crippen MR) is 82.1 cm³/mol. The van der Waals surface area contributed by atoms with E-state index < -0.39 is 17.6 Å². The Kier molecular flexibility index (Phi) is 4.02. The number of allylic oxidation sites excluding steroid dienone is 1. The number of benzene rings is 1. The second-order valence-electron chi connectivity index (χ2n) is 5.29. The smallest absolute Gasteiger partial charge is 0.301 e. The maximum atomic E-state index is 13.1. The van der Waals surface area contributed by atoms with Crippen LogP contribution in [0.25, 0.3) is 11.6 Å². The molecule has 2 aromatic rings. The number of fused-ring (bicyclic) bond motifs is 1. The molecule has 0 unspecified atom stereocenters. The number of aromatic nitrogens is 2. The van der Waals surface area contributed by atoms with Crippen LogP contribution in [0.1, 0.15) is 35.4 Å². The molecular formula is C16H12ClF3N2O. The van der Waals surface area contributed by atoms with Crippen molar-refractivity contribution in [2.45, 2.75) is 25.4 Å². The number of nitrogens with one attached hydrogen (secondary N) is 1. The second kappa shape index (κ2) is 5.85. The zero-order chi connectivity index (χ0) is 16.6. The molecule has 120 valence electrons. The van der Waals surface area contributed by atoms with E-state index in [4.69, 9.17) is 11.6 Å². The monoisotopic (exact) mass is 340 g/mol. The van der Waals surface area contributed by atoms with Crippen LogP contribution in [-0.2, 0) is 12.6 Å². The van der Waals surface area contributed by atoms with Crippen molar-refractivity contribution in [3.05, 3.63) is 62.3 Å². The number of halogens is 4. The normalized spacial score (nSPS) is 16.4. The minimum absolute atomic E-state index is 0.0432. The minimum atomic E-state index is -4.61. The molecule has 1 heterocycles. The van der Waals surface area contributed by atoms with E-state index in [2.05, 4.69) is 4.98 Å². The number of rotatable bonds is 1. The van der Waals surface area contributed by atoms with Crippen molar-refractivity contribution in [2.24, 2.45) is 0 Å². The summed E-state index contributed by atoms with van der Waals surface area (Å²) in [6.45, 7) is 0. The second-order valence-corrected chi connectivity index (χ2v) is 5.69. The fraction of sp³-hybridized carbons (Fsp3) is 0.250. The van der Waals surface area contributed by atoms with E-state index in [0.717, 1.165) is 0 Å². The highest BCUT2D eigenvalue weighted by atomic mass is 35.5. The van der Waals surface area contributed by atoms with Crippen LogP contribution < -0.4 is 5.69 Å². The van der Waals surface area contributed by atoms with Gasteiger partial charge < -0.3 is 4.98 Å². The van der Waals surface area contributed by atoms with Gasteiger partial charge in [0.2, 0.25) is 0 Å². The molecule has 23 heavy (non-hydrogen) atoms. The Bertz CT molecular complexity index is 840. The van der Waals surface area contributed by atoms with Crippen LogP contribution in [0.2, 0.25) is 5.02 Å². The van der Waals surface area contributed by atoms with Crippen LogP contribution in [0.4, 0.5) is 13.2 Å². The van der Waals surface area contributed by atoms with E-state index in [1.54, 1.807) is 30.3 Å². The Morgan fingerprint density at radius 3 is 2.65 bits per heavy atom. The molecule has 0 amide bonds. The third-order valence-corrected chi connectivity index (χ3v) is 4.07. The molecular weight excluding hydrogens is 329 g/mol. The van der Waals surface area contributed by atoms with Gasteiger partial charge in [0, 0.05) is 10.6 Å². The Balaban J connectivity index is 2.19. The maximum absolute atomic E-state index is 13.1. The van der Waals surface area contributed by atoms with Crippen LogP contribution in [0.15, 0.2) is 29.1 Å². The third kappa shape index (κ3) is 3.17. The molecule has 0 saturated heterocycles. The molecule has 0 atom stereocenters. The van der Waals surface area contributed by atoms with Gasteiger partial charge in [0.25, 0.3) is 0 Å². The molecule has 0 aliphatic heterocycles. The molecule has 3 nitrogen and oxygen atoms in total. The Hall–Kier alpha value is -2.08. The number of aromatic amines is 1. The topological polar surface area (TPSA) is 45.8 Å². The van der Waals surface area contributed by atoms with Gasteiger partial charge in [0.05, 0.1) is 5.69 Å². The highest BCUT2D eigenvalue weighted by Crippen LogP contribution is 2.37. The summed E-state index contributed by atoms with van der Waals surface area (Å²) in [7, 11) is 0. The standard InChI is InChI=1S/C16H12ClF3N2O/c17-12-7-2-1-4-9(12)8-10-5-3-6-11-13(10)21-15(23)22-14(11)16(18,19)20/h1-2,4,7-8H,3,5-6H2,(H,21,22,23). The first-order valence-corrected chi connectivity index (χ1v) is 7.40. The number of alkyl halides is 3. The average Bonchev–Trinajstić information content (AvgIpc) is 2.48. The molecule has 7 heteroatoms. The number of hydrogen-bond donors (Lipinski definition) is 1. The quantitative estimate of drug-likeness (QED) is 0.840. The lowest BCUT2D eigenvalue weighted by Crippen LogP contribution is -2.25. The first-order valence-electron chi connectivity index (χ1n) is 7.02. The van der Waals surface area contributed by atoms with Gasteiger partial charge in [0.15, 0.2) is 0 Å². The first-order chi connectivity index (χ1) is 10.9. The van der Waals surface area contributed by atoms with Crippen molar-refractivity contribution in [3.8, 4) is 0 Å². The van der Waals surface area contributed by atoms with E-state index in [1.807, 2.05) is 4.98 Å². The summed E-state index contributed by atoms with van der Waals surface area (Å²) >= 11 is 6.09. The molecule has 0 radical (unpaired) electrons. The summed E-state index contributed by atoms with van der Waals surface area (Å²) in [5, 5.41) is 0.494. The van der Waals surface area contributed by atoms with Gasteiger partial charge in [-0.2, -0.15) is 18.2 Å². The van der Waals surface area contributed by atoms with Gasteiger partial charge in [-0.3, -0.25) is 0 Å². The lowest BCUT2D eigenvalue weighted by Gasteiger charge is -2.21. The van der Waals surface area contributed by atoms with E-state index >= 15 is 0 Å². The molecule has 1 aliphatic rings. The minimum Gasteiger partial charge on any atom is -0.301 e. The summed E-state index contributed by atoms with van der Waals surface area (Å²) in [6, 6.07) is 7.02. The Morgan fingerprint density at radius 2 is 1.96 bits per heavy atom. The number of nitrogens with zero attached hydrogens (tertiary/aromatic N) is 1. The lowest BCUT2D eigenvalue weighted by atomic mass is 9.89. The van der Waals surface area contributed by atoms with Crippen LogP contribution in [0, 0.1) is 0 Å². The van der Waals surface area contributed by atoms with Crippen molar-refractivity contribution in [2.75, 3.05) is 0 Å². The molecule has 0 saturated carbocycles. The first kappa shape index (κ1) is 15.8. The molecule has 1 aliphatic carbocycles. The van der Waals surface area contributed by atoms with Crippen molar-refractivity contribution in [1.82, 2.24) is 9.97 Å². The van der Waals surface area contributed by atoms with Crippen molar-refractivity contribution in [1.29, 1.82) is 0 Å². The van der Waals surface area contributed by atoms with E-state index in [-0.39, 0.29) is 17.7 Å². The predicted octanol–water partition coefficient (Wildman–Crippen LogP) is 4.32. The van der Waals surface area contributed by atoms with Gasteiger partial charge >= 0.3 is 11.9 Å². The molecule has 1 aromatic carbocycles. The molecule has 1 N–H and O–H groups in total. The zero-order valence-corrected chi connectivity index (χ0v) is 12.6. The summed E-state index contributed by atoms with van der Waals surface area (Å²) in [6.07, 6.45) is -1.58. The SMILES string of the molecule is O=c1nc2c(c(C(F)(F)F)[nH]1)CCCC2=Cc1ccccc1Cl. The van der Waals surface area contributed by atoms with Crippen LogP contribution in [0.5, 0.6) is 0 Å². The van der Waals surface area contributed by atoms with Crippen LogP contribution in [0.3, 0.4) is 0 Å². The number of hydrogen-bond acceptors (Lipinski definition) is 2. The molecule has 0 bridgehead atoms. The van der Waals surface area contributed by atoms with Gasteiger partial charge in [0.1, 0.15) is 5.69 Å². The summed E-state index contributed by atoms with van der Waals surface area (Å²) < 4.78 is 39.4. The van der Waals surface area contributed by atoms with Crippen LogP contribution in [-0.4, -0.2) is 9.97 Å². The lowest BCUT2D eigenvalue weighted by molar-refractivity contribution is -0.142. The summed E-state index contributed by atoms with van der Waals surface area (Å²) in [5.74, 6) is 0. The van der Waals surface area contributed by atoms with E-state index in [9.17, 15) is 18.0 Å².